The zero-order valence-electron chi connectivity index (χ0n) is 14.5. The summed E-state index contributed by atoms with van der Waals surface area (Å²) in [6, 6.07) is 8.07. The van der Waals surface area contributed by atoms with Crippen LogP contribution in [0.2, 0.25) is 0 Å². The van der Waals surface area contributed by atoms with Crippen LogP contribution in [0.4, 0.5) is 22.0 Å². The SMILES string of the molecule is CS(=O)(=O)c1cc(F)c(-c2[nH]c(C(F)(F)F)nc2-c2cccc(C#N)c2)cc1F. The normalized spacial score (nSPS) is 12.0. The van der Waals surface area contributed by atoms with Gasteiger partial charge in [0.05, 0.1) is 23.0 Å². The molecule has 0 aliphatic rings. The van der Waals surface area contributed by atoms with Gasteiger partial charge in [-0.05, 0) is 24.3 Å². The van der Waals surface area contributed by atoms with Crippen LogP contribution in [0, 0.1) is 23.0 Å². The van der Waals surface area contributed by atoms with Gasteiger partial charge in [-0.1, -0.05) is 12.1 Å². The fourth-order valence-corrected chi connectivity index (χ4v) is 3.38. The maximum Gasteiger partial charge on any atom is 0.449 e. The Morgan fingerprint density at radius 1 is 1.10 bits per heavy atom. The number of nitrogens with zero attached hydrogens (tertiary/aromatic N) is 2. The Hall–Kier alpha value is -3.26. The van der Waals surface area contributed by atoms with Gasteiger partial charge in [0, 0.05) is 17.4 Å². The highest BCUT2D eigenvalue weighted by Gasteiger charge is 2.36. The van der Waals surface area contributed by atoms with Crippen LogP contribution < -0.4 is 0 Å². The van der Waals surface area contributed by atoms with Crippen LogP contribution in [-0.2, 0) is 16.0 Å². The van der Waals surface area contributed by atoms with Gasteiger partial charge in [0.1, 0.15) is 16.5 Å². The number of hydrogen-bond acceptors (Lipinski definition) is 4. The molecule has 0 unspecified atom stereocenters. The fourth-order valence-electron chi connectivity index (χ4n) is 2.65. The number of halogens is 5. The van der Waals surface area contributed by atoms with Crippen LogP contribution in [-0.4, -0.2) is 24.6 Å². The van der Waals surface area contributed by atoms with Crippen LogP contribution in [0.25, 0.3) is 22.5 Å². The predicted octanol–water partition coefficient (Wildman–Crippen LogP) is 4.32. The first-order chi connectivity index (χ1) is 13.4. The lowest BCUT2D eigenvalue weighted by atomic mass is 10.0. The Labute approximate surface area is 161 Å². The third kappa shape index (κ3) is 3.97. The molecule has 3 rings (SSSR count). The number of hydrogen-bond donors (Lipinski definition) is 1. The molecule has 0 aliphatic heterocycles. The van der Waals surface area contributed by atoms with Crippen LogP contribution in [0.15, 0.2) is 41.3 Å². The lowest BCUT2D eigenvalue weighted by Crippen LogP contribution is -2.07. The summed E-state index contributed by atoms with van der Waals surface area (Å²) in [5, 5.41) is 8.99. The average molecular weight is 427 g/mol. The Kier molecular flexibility index (Phi) is 4.92. The summed E-state index contributed by atoms with van der Waals surface area (Å²) in [4.78, 5) is 4.44. The van der Waals surface area contributed by atoms with Crippen LogP contribution >= 0.6 is 0 Å². The summed E-state index contributed by atoms with van der Waals surface area (Å²) in [6.45, 7) is 0. The lowest BCUT2D eigenvalue weighted by molar-refractivity contribution is -0.144. The highest BCUT2D eigenvalue weighted by Crippen LogP contribution is 2.37. The van der Waals surface area contributed by atoms with Crippen LogP contribution in [0.3, 0.4) is 0 Å². The standard InChI is InChI=1S/C18H10F5N3O2S/c1-29(27,28)14-7-12(19)11(6-13(14)20)16-15(25-17(26-16)18(21,22)23)10-4-2-3-9(5-10)8-24/h2-7H,1H3,(H,25,26). The second-order valence-electron chi connectivity index (χ2n) is 6.03. The number of sulfone groups is 1. The van der Waals surface area contributed by atoms with E-state index >= 15 is 0 Å². The third-order valence-electron chi connectivity index (χ3n) is 3.93. The van der Waals surface area contributed by atoms with Crippen molar-refractivity contribution in [2.45, 2.75) is 11.1 Å². The second-order valence-corrected chi connectivity index (χ2v) is 8.02. The van der Waals surface area contributed by atoms with Gasteiger partial charge >= 0.3 is 6.18 Å². The van der Waals surface area contributed by atoms with E-state index in [1.807, 2.05) is 11.1 Å². The first-order valence-electron chi connectivity index (χ1n) is 7.79. The van der Waals surface area contributed by atoms with Crippen molar-refractivity contribution in [1.29, 1.82) is 5.26 Å². The Balaban J connectivity index is 2.31. The van der Waals surface area contributed by atoms with E-state index < -0.39 is 49.6 Å². The van der Waals surface area contributed by atoms with Crippen molar-refractivity contribution in [1.82, 2.24) is 9.97 Å². The molecule has 0 spiro atoms. The summed E-state index contributed by atoms with van der Waals surface area (Å²) in [6.07, 6.45) is -4.25. The molecule has 1 aromatic heterocycles. The maximum absolute atomic E-state index is 14.6. The molecule has 0 saturated heterocycles. The van der Waals surface area contributed by atoms with Crippen molar-refractivity contribution in [3.8, 4) is 28.6 Å². The number of imidazole rings is 1. The molecule has 0 aliphatic carbocycles. The van der Waals surface area contributed by atoms with E-state index in [1.54, 1.807) is 0 Å². The van der Waals surface area contributed by atoms with Crippen LogP contribution in [0.1, 0.15) is 11.4 Å². The molecule has 2 aromatic carbocycles. The predicted molar refractivity (Wildman–Crippen MR) is 92.2 cm³/mol. The molecule has 0 amide bonds. The van der Waals surface area contributed by atoms with Gasteiger partial charge in [-0.15, -0.1) is 0 Å². The Bertz CT molecular complexity index is 1260. The van der Waals surface area contributed by atoms with E-state index in [-0.39, 0.29) is 16.8 Å². The quantitative estimate of drug-likeness (QED) is 0.631. The number of benzene rings is 2. The van der Waals surface area contributed by atoms with Gasteiger partial charge in [-0.3, -0.25) is 0 Å². The minimum atomic E-state index is -4.92. The monoisotopic (exact) mass is 427 g/mol. The summed E-state index contributed by atoms with van der Waals surface area (Å²) >= 11 is 0. The molecule has 1 heterocycles. The molecular formula is C18H10F5N3O2S. The molecule has 5 nitrogen and oxygen atoms in total. The average Bonchev–Trinajstić information content (AvgIpc) is 3.08. The van der Waals surface area contributed by atoms with Gasteiger partial charge in [-0.2, -0.15) is 18.4 Å². The van der Waals surface area contributed by atoms with E-state index in [0.717, 1.165) is 0 Å². The van der Waals surface area contributed by atoms with Gasteiger partial charge in [0.25, 0.3) is 0 Å². The van der Waals surface area contributed by atoms with E-state index in [9.17, 15) is 30.4 Å². The van der Waals surface area contributed by atoms with Crippen molar-refractivity contribution in [2.75, 3.05) is 6.26 Å². The molecule has 0 atom stereocenters. The molecule has 11 heteroatoms. The zero-order valence-corrected chi connectivity index (χ0v) is 15.3. The number of alkyl halides is 3. The molecule has 29 heavy (non-hydrogen) atoms. The summed E-state index contributed by atoms with van der Waals surface area (Å²) in [5.74, 6) is -4.05. The number of nitrogens with one attached hydrogen (secondary N) is 1. The summed E-state index contributed by atoms with van der Waals surface area (Å²) in [7, 11) is -4.10. The second kappa shape index (κ2) is 6.97. The molecule has 150 valence electrons. The van der Waals surface area contributed by atoms with Crippen molar-refractivity contribution in [2.24, 2.45) is 0 Å². The van der Waals surface area contributed by atoms with Gasteiger partial charge in [-0.25, -0.2) is 22.2 Å². The highest BCUT2D eigenvalue weighted by molar-refractivity contribution is 7.90. The number of aromatic amines is 1. The topological polar surface area (TPSA) is 86.6 Å². The van der Waals surface area contributed by atoms with E-state index in [4.69, 9.17) is 5.26 Å². The van der Waals surface area contributed by atoms with Gasteiger partial charge < -0.3 is 4.98 Å². The molecule has 0 radical (unpaired) electrons. The van der Waals surface area contributed by atoms with Gasteiger partial charge in [0.2, 0.25) is 5.82 Å². The number of rotatable bonds is 3. The van der Waals surface area contributed by atoms with E-state index in [0.29, 0.717) is 18.4 Å². The number of aromatic nitrogens is 2. The molecule has 0 bridgehead atoms. The van der Waals surface area contributed by atoms with Crippen molar-refractivity contribution < 1.29 is 30.4 Å². The summed E-state index contributed by atoms with van der Waals surface area (Å²) in [5.41, 5.74) is -1.36. The summed E-state index contributed by atoms with van der Waals surface area (Å²) < 4.78 is 91.4. The maximum atomic E-state index is 14.6. The molecule has 0 saturated carbocycles. The number of H-pyrrole nitrogens is 1. The molecule has 3 aromatic rings. The third-order valence-corrected chi connectivity index (χ3v) is 5.04. The Morgan fingerprint density at radius 3 is 2.38 bits per heavy atom. The lowest BCUT2D eigenvalue weighted by Gasteiger charge is -2.08. The van der Waals surface area contributed by atoms with E-state index in [1.165, 1.54) is 24.3 Å². The molecular weight excluding hydrogens is 417 g/mol. The zero-order chi connectivity index (χ0) is 21.6. The smallest absolute Gasteiger partial charge is 0.334 e. The van der Waals surface area contributed by atoms with Crippen molar-refractivity contribution in [3.63, 3.8) is 0 Å². The minimum Gasteiger partial charge on any atom is -0.334 e. The van der Waals surface area contributed by atoms with Gasteiger partial charge in [0.15, 0.2) is 9.84 Å². The molecule has 1 N–H and O–H groups in total. The first-order valence-corrected chi connectivity index (χ1v) is 9.68. The Morgan fingerprint density at radius 2 is 1.79 bits per heavy atom. The van der Waals surface area contributed by atoms with Crippen LogP contribution in [0.5, 0.6) is 0 Å². The van der Waals surface area contributed by atoms with Crippen molar-refractivity contribution in [3.05, 3.63) is 59.4 Å². The number of nitriles is 1. The van der Waals surface area contributed by atoms with E-state index in [2.05, 4.69) is 4.98 Å². The minimum absolute atomic E-state index is 0.0535. The fraction of sp³-hybridized carbons (Fsp3) is 0.111. The first kappa shape index (κ1) is 20.5. The van der Waals surface area contributed by atoms with Crippen molar-refractivity contribution >= 4 is 9.84 Å². The molecule has 0 fully saturated rings. The highest BCUT2D eigenvalue weighted by atomic mass is 32.2. The largest absolute Gasteiger partial charge is 0.449 e.